The van der Waals surface area contributed by atoms with Crippen molar-refractivity contribution >= 4 is 22.6 Å². The summed E-state index contributed by atoms with van der Waals surface area (Å²) in [5, 5.41) is 0. The molecule has 1 aliphatic carbocycles. The fourth-order valence-electron chi connectivity index (χ4n) is 2.40. The second kappa shape index (κ2) is 3.35. The molecule has 3 aliphatic rings. The Hall–Kier alpha value is 0.650. The van der Waals surface area contributed by atoms with Crippen molar-refractivity contribution in [3.8, 4) is 0 Å². The first kappa shape index (κ1) is 8.92. The standard InChI is InChI=1S/C10H15IO2/c11-10-2-6(1-7-4-12-7)9(10)3-8-5-13-8/h6-10H,1-5H2. The largest absolute Gasteiger partial charge is 0.373 e. The zero-order chi connectivity index (χ0) is 8.84. The average molecular weight is 294 g/mol. The summed E-state index contributed by atoms with van der Waals surface area (Å²) in [6, 6.07) is 0. The molecule has 2 saturated heterocycles. The number of halogens is 1. The molecular weight excluding hydrogens is 279 g/mol. The quantitative estimate of drug-likeness (QED) is 0.450. The lowest BCUT2D eigenvalue weighted by Crippen LogP contribution is -2.39. The lowest BCUT2D eigenvalue weighted by molar-refractivity contribution is 0.147. The van der Waals surface area contributed by atoms with Gasteiger partial charge in [-0.2, -0.15) is 0 Å². The highest BCUT2D eigenvalue weighted by Gasteiger charge is 2.44. The third-order valence-electron chi connectivity index (χ3n) is 3.50. The number of hydrogen-bond donors (Lipinski definition) is 0. The van der Waals surface area contributed by atoms with Gasteiger partial charge in [0.15, 0.2) is 0 Å². The second-order valence-corrected chi connectivity index (χ2v) is 6.16. The summed E-state index contributed by atoms with van der Waals surface area (Å²) in [5.74, 6) is 1.87. The molecule has 74 valence electrons. The van der Waals surface area contributed by atoms with Crippen LogP contribution in [0.4, 0.5) is 0 Å². The highest BCUT2D eigenvalue weighted by molar-refractivity contribution is 14.1. The lowest BCUT2D eigenvalue weighted by atomic mass is 9.69. The van der Waals surface area contributed by atoms with Gasteiger partial charge in [0, 0.05) is 3.92 Å². The maximum atomic E-state index is 5.30. The van der Waals surface area contributed by atoms with Gasteiger partial charge in [-0.3, -0.25) is 0 Å². The first-order chi connectivity index (χ1) is 6.33. The summed E-state index contributed by atoms with van der Waals surface area (Å²) in [5.41, 5.74) is 0. The number of hydrogen-bond acceptors (Lipinski definition) is 2. The van der Waals surface area contributed by atoms with Crippen molar-refractivity contribution in [2.75, 3.05) is 13.2 Å². The number of epoxide rings is 2. The molecule has 0 spiro atoms. The van der Waals surface area contributed by atoms with Gasteiger partial charge in [-0.1, -0.05) is 22.6 Å². The van der Waals surface area contributed by atoms with Crippen LogP contribution in [0.15, 0.2) is 0 Å². The minimum atomic E-state index is 0.616. The summed E-state index contributed by atoms with van der Waals surface area (Å²) in [6.07, 6.45) is 5.28. The Balaban J connectivity index is 1.49. The number of ether oxygens (including phenoxy) is 2. The van der Waals surface area contributed by atoms with Gasteiger partial charge >= 0.3 is 0 Å². The number of rotatable bonds is 4. The van der Waals surface area contributed by atoms with E-state index in [2.05, 4.69) is 22.6 Å². The summed E-state index contributed by atoms with van der Waals surface area (Å²) in [4.78, 5) is 0. The van der Waals surface area contributed by atoms with Crippen LogP contribution in [0.2, 0.25) is 0 Å². The Morgan fingerprint density at radius 1 is 1.08 bits per heavy atom. The van der Waals surface area contributed by atoms with Crippen molar-refractivity contribution in [2.45, 2.75) is 35.4 Å². The van der Waals surface area contributed by atoms with Gasteiger partial charge in [0.05, 0.1) is 25.4 Å². The van der Waals surface area contributed by atoms with Crippen LogP contribution in [0.5, 0.6) is 0 Å². The zero-order valence-corrected chi connectivity index (χ0v) is 9.77. The van der Waals surface area contributed by atoms with Crippen LogP contribution in [0.25, 0.3) is 0 Å². The molecule has 0 aromatic carbocycles. The van der Waals surface area contributed by atoms with Crippen LogP contribution >= 0.6 is 22.6 Å². The minimum absolute atomic E-state index is 0.616. The Labute approximate surface area is 92.5 Å². The van der Waals surface area contributed by atoms with Crippen LogP contribution in [-0.4, -0.2) is 29.3 Å². The van der Waals surface area contributed by atoms with Crippen molar-refractivity contribution in [3.63, 3.8) is 0 Å². The monoisotopic (exact) mass is 294 g/mol. The van der Waals surface area contributed by atoms with E-state index >= 15 is 0 Å². The van der Waals surface area contributed by atoms with Gasteiger partial charge in [-0.05, 0) is 31.1 Å². The summed E-state index contributed by atoms with van der Waals surface area (Å²) in [7, 11) is 0. The van der Waals surface area contributed by atoms with Gasteiger partial charge in [-0.25, -0.2) is 0 Å². The predicted molar refractivity (Wildman–Crippen MR) is 58.1 cm³/mol. The third kappa shape index (κ3) is 2.02. The topological polar surface area (TPSA) is 25.1 Å². The van der Waals surface area contributed by atoms with E-state index in [1.807, 2.05) is 0 Å². The smallest absolute Gasteiger partial charge is 0.0813 e. The normalized spacial score (nSPS) is 52.8. The Morgan fingerprint density at radius 3 is 2.23 bits per heavy atom. The summed E-state index contributed by atoms with van der Waals surface area (Å²) >= 11 is 2.60. The van der Waals surface area contributed by atoms with Crippen molar-refractivity contribution in [1.82, 2.24) is 0 Å². The van der Waals surface area contributed by atoms with E-state index in [4.69, 9.17) is 9.47 Å². The van der Waals surface area contributed by atoms with E-state index in [9.17, 15) is 0 Å². The van der Waals surface area contributed by atoms with Crippen molar-refractivity contribution in [3.05, 3.63) is 0 Å². The fourth-order valence-corrected chi connectivity index (χ4v) is 3.93. The number of alkyl halides is 1. The molecule has 1 saturated carbocycles. The maximum Gasteiger partial charge on any atom is 0.0813 e. The van der Waals surface area contributed by atoms with E-state index in [0.717, 1.165) is 29.0 Å². The molecule has 2 heterocycles. The molecule has 13 heavy (non-hydrogen) atoms. The van der Waals surface area contributed by atoms with E-state index in [0.29, 0.717) is 12.2 Å². The van der Waals surface area contributed by atoms with Gasteiger partial charge in [0.2, 0.25) is 0 Å². The molecule has 0 radical (unpaired) electrons. The summed E-state index contributed by atoms with van der Waals surface area (Å²) < 4.78 is 11.5. The van der Waals surface area contributed by atoms with Crippen molar-refractivity contribution in [1.29, 1.82) is 0 Å². The Kier molecular flexibility index (Phi) is 2.30. The van der Waals surface area contributed by atoms with E-state index in [-0.39, 0.29) is 0 Å². The first-order valence-corrected chi connectivity index (χ1v) is 6.45. The molecule has 5 atom stereocenters. The molecule has 2 nitrogen and oxygen atoms in total. The van der Waals surface area contributed by atoms with Crippen LogP contribution in [0.3, 0.4) is 0 Å². The highest BCUT2D eigenvalue weighted by atomic mass is 127. The highest BCUT2D eigenvalue weighted by Crippen LogP contribution is 2.47. The molecule has 0 aromatic heterocycles. The molecule has 2 aliphatic heterocycles. The van der Waals surface area contributed by atoms with Crippen LogP contribution in [0, 0.1) is 11.8 Å². The molecule has 0 aromatic rings. The minimum Gasteiger partial charge on any atom is -0.373 e. The second-order valence-electron chi connectivity index (χ2n) is 4.56. The fraction of sp³-hybridized carbons (Fsp3) is 1.00. The molecule has 3 rings (SSSR count). The molecule has 0 amide bonds. The molecule has 0 N–H and O–H groups in total. The summed E-state index contributed by atoms with van der Waals surface area (Å²) in [6.45, 7) is 2.04. The van der Waals surface area contributed by atoms with E-state index in [1.165, 1.54) is 19.3 Å². The Bertz CT molecular complexity index is 201. The lowest BCUT2D eigenvalue weighted by Gasteiger charge is -2.41. The van der Waals surface area contributed by atoms with Gasteiger partial charge < -0.3 is 9.47 Å². The van der Waals surface area contributed by atoms with Crippen LogP contribution in [-0.2, 0) is 9.47 Å². The van der Waals surface area contributed by atoms with Crippen LogP contribution < -0.4 is 0 Å². The van der Waals surface area contributed by atoms with E-state index in [1.54, 1.807) is 0 Å². The van der Waals surface area contributed by atoms with E-state index < -0.39 is 0 Å². The SMILES string of the molecule is IC1CC(CC2CO2)C1CC1CO1. The molecule has 0 bridgehead atoms. The first-order valence-electron chi connectivity index (χ1n) is 5.20. The maximum absolute atomic E-state index is 5.30. The predicted octanol–water partition coefficient (Wildman–Crippen LogP) is 2.00. The van der Waals surface area contributed by atoms with Crippen molar-refractivity contribution < 1.29 is 9.47 Å². The molecular formula is C10H15IO2. The molecule has 3 heteroatoms. The molecule has 5 unspecified atom stereocenters. The van der Waals surface area contributed by atoms with Gasteiger partial charge in [0.1, 0.15) is 0 Å². The molecule has 3 fully saturated rings. The average Bonchev–Trinajstić information content (AvgIpc) is 2.96. The van der Waals surface area contributed by atoms with Crippen molar-refractivity contribution in [2.24, 2.45) is 11.8 Å². The van der Waals surface area contributed by atoms with Crippen LogP contribution in [0.1, 0.15) is 19.3 Å². The third-order valence-corrected chi connectivity index (χ3v) is 4.94. The zero-order valence-electron chi connectivity index (χ0n) is 7.62. The van der Waals surface area contributed by atoms with Gasteiger partial charge in [0.25, 0.3) is 0 Å². The Morgan fingerprint density at radius 2 is 1.69 bits per heavy atom. The van der Waals surface area contributed by atoms with Gasteiger partial charge in [-0.15, -0.1) is 0 Å².